The van der Waals surface area contributed by atoms with Crippen molar-refractivity contribution < 1.29 is 10.4 Å². The molecule has 0 aliphatic carbocycles. The molecule has 0 aromatic rings. The van der Waals surface area contributed by atoms with Gasteiger partial charge in [0.15, 0.2) is 0 Å². The first-order chi connectivity index (χ1) is 4.66. The summed E-state index contributed by atoms with van der Waals surface area (Å²) in [6, 6.07) is 0. The number of guanidine groups is 1. The summed E-state index contributed by atoms with van der Waals surface area (Å²) in [5.74, 6) is -0.0514. The van der Waals surface area contributed by atoms with Gasteiger partial charge in [0.05, 0.1) is 6.54 Å². The Morgan fingerprint density at radius 3 is 2.70 bits per heavy atom. The van der Waals surface area contributed by atoms with E-state index in [0.717, 1.165) is 0 Å². The first-order valence-electron chi connectivity index (χ1n) is 2.47. The van der Waals surface area contributed by atoms with E-state index in [1.807, 2.05) is 5.43 Å². The molecule has 0 heterocycles. The summed E-state index contributed by atoms with van der Waals surface area (Å²) in [5, 5.41) is 16.7. The lowest BCUT2D eigenvalue weighted by molar-refractivity contribution is -0.329. The van der Waals surface area contributed by atoms with Crippen LogP contribution in [0.15, 0.2) is 4.99 Å². The van der Waals surface area contributed by atoms with Crippen LogP contribution in [0, 0.1) is 0 Å². The van der Waals surface area contributed by atoms with Crippen molar-refractivity contribution in [2.24, 2.45) is 10.7 Å². The van der Waals surface area contributed by atoms with Crippen LogP contribution in [0.25, 0.3) is 0 Å². The van der Waals surface area contributed by atoms with E-state index in [-0.39, 0.29) is 11.3 Å². The average molecular weight is 213 g/mol. The highest BCUT2D eigenvalue weighted by atomic mass is 79.9. The van der Waals surface area contributed by atoms with Crippen molar-refractivity contribution in [2.45, 2.75) is 0 Å². The molecule has 0 bridgehead atoms. The summed E-state index contributed by atoms with van der Waals surface area (Å²) in [6.45, 7) is 0.479. The summed E-state index contributed by atoms with van der Waals surface area (Å²) in [4.78, 5) is 3.66. The minimum absolute atomic E-state index is 0.0514. The highest BCUT2D eigenvalue weighted by molar-refractivity contribution is 9.09. The van der Waals surface area contributed by atoms with Crippen LogP contribution < -0.4 is 11.2 Å². The third-order valence-corrected chi connectivity index (χ3v) is 0.936. The van der Waals surface area contributed by atoms with Gasteiger partial charge in [-0.3, -0.25) is 15.4 Å². The molecular formula is C3H9BrN4O2. The molecule has 0 rings (SSSR count). The second-order valence-electron chi connectivity index (χ2n) is 1.36. The summed E-state index contributed by atoms with van der Waals surface area (Å²) < 4.78 is 0. The van der Waals surface area contributed by atoms with E-state index in [1.54, 1.807) is 0 Å². The second-order valence-corrected chi connectivity index (χ2v) is 2.15. The van der Waals surface area contributed by atoms with Gasteiger partial charge in [0, 0.05) is 10.7 Å². The van der Waals surface area contributed by atoms with Crippen LogP contribution in [0.3, 0.4) is 0 Å². The topological polar surface area (TPSA) is 94.1 Å². The van der Waals surface area contributed by atoms with Gasteiger partial charge in [-0.15, -0.1) is 0 Å². The molecule has 0 saturated carbocycles. The Kier molecular flexibility index (Phi) is 5.22. The highest BCUT2D eigenvalue weighted by Crippen LogP contribution is 1.78. The number of nitrogens with two attached hydrogens (primary N) is 1. The number of hydrazine groups is 1. The fraction of sp³-hybridized carbons (Fsp3) is 0.667. The van der Waals surface area contributed by atoms with Gasteiger partial charge in [0.2, 0.25) is 5.96 Å². The standard InChI is InChI=1S/C3H9BrN4O2/c4-1-2-6-3(5)7-8(9)10/h9-10H,1-2H2,(H3,5,6,7). The van der Waals surface area contributed by atoms with Gasteiger partial charge in [-0.2, -0.15) is 0 Å². The van der Waals surface area contributed by atoms with E-state index < -0.39 is 0 Å². The number of halogens is 1. The predicted octanol–water partition coefficient (Wildman–Crippen LogP) is -0.719. The van der Waals surface area contributed by atoms with Crippen LogP contribution in [0.2, 0.25) is 0 Å². The highest BCUT2D eigenvalue weighted by Gasteiger charge is 1.92. The molecule has 0 amide bonds. The van der Waals surface area contributed by atoms with E-state index in [9.17, 15) is 0 Å². The maximum Gasteiger partial charge on any atom is 0.207 e. The van der Waals surface area contributed by atoms with Gasteiger partial charge in [0.25, 0.3) is 0 Å². The Morgan fingerprint density at radius 1 is 1.70 bits per heavy atom. The Hall–Kier alpha value is -0.370. The van der Waals surface area contributed by atoms with Crippen molar-refractivity contribution in [1.29, 1.82) is 0 Å². The van der Waals surface area contributed by atoms with Crippen molar-refractivity contribution in [3.8, 4) is 0 Å². The molecule has 0 atom stereocenters. The number of nitrogens with one attached hydrogen (secondary N) is 1. The molecule has 60 valence electrons. The fourth-order valence-electron chi connectivity index (χ4n) is 0.301. The Labute approximate surface area is 66.3 Å². The normalized spacial score (nSPS) is 12.2. The largest absolute Gasteiger partial charge is 0.369 e. The fourth-order valence-corrected chi connectivity index (χ4v) is 0.478. The van der Waals surface area contributed by atoms with Crippen LogP contribution >= 0.6 is 15.9 Å². The molecule has 6 nitrogen and oxygen atoms in total. The van der Waals surface area contributed by atoms with Crippen LogP contribution in [0.4, 0.5) is 0 Å². The molecule has 0 aliphatic heterocycles. The monoisotopic (exact) mass is 212 g/mol. The lowest BCUT2D eigenvalue weighted by atomic mass is 10.8. The first-order valence-corrected chi connectivity index (χ1v) is 3.59. The molecule has 0 aromatic carbocycles. The van der Waals surface area contributed by atoms with Gasteiger partial charge in [-0.25, -0.2) is 5.43 Å². The predicted molar refractivity (Wildman–Crippen MR) is 38.8 cm³/mol. The van der Waals surface area contributed by atoms with Gasteiger partial charge in [0.1, 0.15) is 0 Å². The molecule has 0 unspecified atom stereocenters. The number of hydrogen-bond acceptors (Lipinski definition) is 4. The lowest BCUT2D eigenvalue weighted by Gasteiger charge is -2.06. The number of alkyl halides is 1. The Balaban J connectivity index is 3.49. The Morgan fingerprint density at radius 2 is 2.30 bits per heavy atom. The van der Waals surface area contributed by atoms with Crippen LogP contribution in [0.1, 0.15) is 0 Å². The van der Waals surface area contributed by atoms with Crippen molar-refractivity contribution >= 4 is 21.9 Å². The summed E-state index contributed by atoms with van der Waals surface area (Å²) in [6.07, 6.45) is 0. The van der Waals surface area contributed by atoms with Gasteiger partial charge in [-0.05, 0) is 0 Å². The average Bonchev–Trinajstić information content (AvgIpc) is 1.82. The van der Waals surface area contributed by atoms with Gasteiger partial charge >= 0.3 is 0 Å². The number of rotatable bonds is 3. The van der Waals surface area contributed by atoms with E-state index in [2.05, 4.69) is 20.9 Å². The molecule has 0 aliphatic rings. The summed E-state index contributed by atoms with van der Waals surface area (Å²) >= 11 is 3.12. The van der Waals surface area contributed by atoms with Crippen LogP contribution in [-0.2, 0) is 0 Å². The van der Waals surface area contributed by atoms with Crippen LogP contribution in [0.5, 0.6) is 0 Å². The van der Waals surface area contributed by atoms with E-state index in [1.165, 1.54) is 0 Å². The lowest BCUT2D eigenvalue weighted by Crippen LogP contribution is -2.42. The van der Waals surface area contributed by atoms with Crippen molar-refractivity contribution in [3.05, 3.63) is 0 Å². The van der Waals surface area contributed by atoms with Crippen molar-refractivity contribution in [2.75, 3.05) is 11.9 Å². The SMILES string of the molecule is NC(=NCCBr)NN(O)O. The molecule has 0 aromatic heterocycles. The molecule has 5 N–H and O–H groups in total. The zero-order chi connectivity index (χ0) is 7.98. The van der Waals surface area contributed by atoms with Crippen molar-refractivity contribution in [3.63, 3.8) is 0 Å². The second kappa shape index (κ2) is 5.42. The molecule has 0 fully saturated rings. The van der Waals surface area contributed by atoms with Gasteiger partial charge in [-0.1, -0.05) is 15.9 Å². The van der Waals surface area contributed by atoms with Crippen LogP contribution in [-0.4, -0.2) is 33.6 Å². The summed E-state index contributed by atoms with van der Waals surface area (Å²) in [5.41, 5.74) is 7.05. The third-order valence-electron chi connectivity index (χ3n) is 0.581. The first kappa shape index (κ1) is 9.63. The third kappa shape index (κ3) is 5.76. The zero-order valence-corrected chi connectivity index (χ0v) is 6.74. The Bertz CT molecular complexity index is 117. The quantitative estimate of drug-likeness (QED) is 0.215. The van der Waals surface area contributed by atoms with E-state index in [0.29, 0.717) is 11.9 Å². The molecule has 10 heavy (non-hydrogen) atoms. The minimum atomic E-state index is -0.257. The molecule has 7 heteroatoms. The molecular weight excluding hydrogens is 204 g/mol. The summed E-state index contributed by atoms with van der Waals surface area (Å²) in [7, 11) is 0. The number of hydrogen-bond donors (Lipinski definition) is 4. The molecule has 0 spiro atoms. The minimum Gasteiger partial charge on any atom is -0.369 e. The van der Waals surface area contributed by atoms with E-state index >= 15 is 0 Å². The van der Waals surface area contributed by atoms with E-state index in [4.69, 9.17) is 16.1 Å². The number of nitrogens with zero attached hydrogens (tertiary/aromatic N) is 2. The maximum atomic E-state index is 8.13. The molecule has 0 radical (unpaired) electrons. The van der Waals surface area contributed by atoms with Gasteiger partial charge < -0.3 is 5.73 Å². The van der Waals surface area contributed by atoms with Crippen molar-refractivity contribution in [1.82, 2.24) is 10.8 Å². The number of aliphatic imine (C=N–C) groups is 1. The zero-order valence-electron chi connectivity index (χ0n) is 5.16. The smallest absolute Gasteiger partial charge is 0.207 e. The maximum absolute atomic E-state index is 8.13. The molecule has 0 saturated heterocycles.